The first-order valence-electron chi connectivity index (χ1n) is 11.5. The minimum Gasteiger partial charge on any atom is -0.352 e. The van der Waals surface area contributed by atoms with Gasteiger partial charge in [-0.1, -0.05) is 39.0 Å². The van der Waals surface area contributed by atoms with Crippen LogP contribution in [0.3, 0.4) is 0 Å². The maximum absolute atomic E-state index is 13.5. The summed E-state index contributed by atoms with van der Waals surface area (Å²) in [6, 6.07) is 12.3. The third kappa shape index (κ3) is 4.93. The van der Waals surface area contributed by atoms with Gasteiger partial charge < -0.3 is 5.32 Å². The smallest absolute Gasteiger partial charge is 0.240 e. The number of carbonyl (C=O) groups excluding carboxylic acids is 2. The third-order valence-electron chi connectivity index (χ3n) is 5.60. The number of aromatic nitrogens is 2. The van der Waals surface area contributed by atoms with Gasteiger partial charge in [-0.15, -0.1) is 23.1 Å². The number of thioether (sulfide) groups is 1. The zero-order valence-electron chi connectivity index (χ0n) is 20.6. The summed E-state index contributed by atoms with van der Waals surface area (Å²) in [4.78, 5) is 29.2. The molecule has 34 heavy (non-hydrogen) atoms. The second-order valence-electron chi connectivity index (χ2n) is 10.00. The highest BCUT2D eigenvalue weighted by molar-refractivity contribution is 8.00. The van der Waals surface area contributed by atoms with Gasteiger partial charge in [0.1, 0.15) is 12.4 Å². The first kappa shape index (κ1) is 24.5. The predicted octanol–water partition coefficient (Wildman–Crippen LogP) is 5.23. The van der Waals surface area contributed by atoms with E-state index in [0.717, 1.165) is 22.5 Å². The monoisotopic (exact) mass is 496 g/mol. The molecule has 0 spiro atoms. The van der Waals surface area contributed by atoms with Crippen molar-refractivity contribution < 1.29 is 9.59 Å². The molecule has 3 heterocycles. The van der Waals surface area contributed by atoms with Gasteiger partial charge in [0.2, 0.25) is 11.8 Å². The molecule has 0 fully saturated rings. The number of benzene rings is 1. The van der Waals surface area contributed by atoms with E-state index < -0.39 is 0 Å². The predicted molar refractivity (Wildman–Crippen MR) is 141 cm³/mol. The Morgan fingerprint density at radius 2 is 2.00 bits per heavy atom. The van der Waals surface area contributed by atoms with Crippen LogP contribution < -0.4 is 10.2 Å². The minimum atomic E-state index is -0.255. The van der Waals surface area contributed by atoms with E-state index in [1.165, 1.54) is 4.88 Å². The van der Waals surface area contributed by atoms with Gasteiger partial charge in [0.05, 0.1) is 22.4 Å². The van der Waals surface area contributed by atoms with Crippen LogP contribution in [0.25, 0.3) is 5.69 Å². The molecule has 8 heteroatoms. The van der Waals surface area contributed by atoms with Crippen LogP contribution in [0.2, 0.25) is 0 Å². The fraction of sp³-hybridized carbons (Fsp3) is 0.423. The fourth-order valence-corrected chi connectivity index (χ4v) is 6.36. The van der Waals surface area contributed by atoms with Gasteiger partial charge in [-0.2, -0.15) is 5.10 Å². The average Bonchev–Trinajstić information content (AvgIpc) is 3.38. The molecular weight excluding hydrogens is 464 g/mol. The number of rotatable bonds is 5. The first-order valence-corrected chi connectivity index (χ1v) is 13.4. The van der Waals surface area contributed by atoms with E-state index in [2.05, 4.69) is 43.6 Å². The van der Waals surface area contributed by atoms with Crippen LogP contribution in [0, 0.1) is 6.92 Å². The van der Waals surface area contributed by atoms with Crippen molar-refractivity contribution in [2.75, 3.05) is 17.2 Å². The highest BCUT2D eigenvalue weighted by atomic mass is 32.2. The molecule has 3 aromatic rings. The minimum absolute atomic E-state index is 0.00545. The Hall–Kier alpha value is -2.58. The third-order valence-corrected chi connectivity index (χ3v) is 7.92. The molecular formula is C26H32N4O2S2. The summed E-state index contributed by atoms with van der Waals surface area (Å²) in [5.41, 5.74) is 3.69. The van der Waals surface area contributed by atoms with Gasteiger partial charge in [-0.05, 0) is 49.9 Å². The highest BCUT2D eigenvalue weighted by Crippen LogP contribution is 2.49. The SMILES string of the molecule is Cc1cccc(-n2nc(C(C)(C)C)c3c2N(CC(=O)NC(C)C)C(=O)CS[C@H]3c2cccs2)c1. The second-order valence-corrected chi connectivity index (χ2v) is 12.1. The van der Waals surface area contributed by atoms with Gasteiger partial charge in [0.15, 0.2) is 0 Å². The Morgan fingerprint density at radius 3 is 2.62 bits per heavy atom. The first-order chi connectivity index (χ1) is 16.1. The number of nitrogens with one attached hydrogen (secondary N) is 1. The molecule has 0 aliphatic carbocycles. The Kier molecular flexibility index (Phi) is 6.92. The number of aryl methyl sites for hydroxylation is 1. The molecule has 0 unspecified atom stereocenters. The number of nitrogens with zero attached hydrogens (tertiary/aromatic N) is 3. The zero-order valence-corrected chi connectivity index (χ0v) is 22.2. The summed E-state index contributed by atoms with van der Waals surface area (Å²) in [5.74, 6) is 0.730. The lowest BCUT2D eigenvalue weighted by molar-refractivity contribution is -0.123. The van der Waals surface area contributed by atoms with Crippen molar-refractivity contribution in [2.24, 2.45) is 0 Å². The Morgan fingerprint density at radius 1 is 1.24 bits per heavy atom. The van der Waals surface area contributed by atoms with E-state index in [-0.39, 0.29) is 35.1 Å². The Labute approximate surface area is 209 Å². The van der Waals surface area contributed by atoms with Crippen LogP contribution in [0.15, 0.2) is 41.8 Å². The maximum atomic E-state index is 13.5. The second kappa shape index (κ2) is 9.58. The lowest BCUT2D eigenvalue weighted by Gasteiger charge is -2.24. The van der Waals surface area contributed by atoms with Gasteiger partial charge in [0, 0.05) is 21.9 Å². The van der Waals surface area contributed by atoms with E-state index in [1.54, 1.807) is 28.0 Å². The van der Waals surface area contributed by atoms with E-state index in [0.29, 0.717) is 11.6 Å². The van der Waals surface area contributed by atoms with Crippen LogP contribution in [0.5, 0.6) is 0 Å². The van der Waals surface area contributed by atoms with E-state index in [4.69, 9.17) is 5.10 Å². The molecule has 1 N–H and O–H groups in total. The number of carbonyl (C=O) groups is 2. The maximum Gasteiger partial charge on any atom is 0.240 e. The van der Waals surface area contributed by atoms with Crippen molar-refractivity contribution in [3.63, 3.8) is 0 Å². The lowest BCUT2D eigenvalue weighted by Crippen LogP contribution is -2.44. The Bertz CT molecular complexity index is 1190. The van der Waals surface area contributed by atoms with E-state index in [1.807, 2.05) is 49.7 Å². The number of amides is 2. The summed E-state index contributed by atoms with van der Waals surface area (Å²) in [6.45, 7) is 12.3. The van der Waals surface area contributed by atoms with Crippen LogP contribution >= 0.6 is 23.1 Å². The number of fused-ring (bicyclic) bond motifs is 1. The van der Waals surface area contributed by atoms with Crippen LogP contribution in [0.1, 0.15) is 61.6 Å². The molecule has 0 saturated carbocycles. The summed E-state index contributed by atoms with van der Waals surface area (Å²) in [7, 11) is 0. The number of anilines is 1. The molecule has 2 amide bonds. The van der Waals surface area contributed by atoms with E-state index in [9.17, 15) is 9.59 Å². The molecule has 1 atom stereocenters. The van der Waals surface area contributed by atoms with Crippen molar-refractivity contribution in [3.05, 3.63) is 63.5 Å². The molecule has 0 bridgehead atoms. The summed E-state index contributed by atoms with van der Waals surface area (Å²) in [5, 5.41) is 10.1. The summed E-state index contributed by atoms with van der Waals surface area (Å²) >= 11 is 3.30. The van der Waals surface area contributed by atoms with Crippen molar-refractivity contribution in [1.29, 1.82) is 0 Å². The zero-order chi connectivity index (χ0) is 24.6. The fourth-order valence-electron chi connectivity index (χ4n) is 4.19. The quantitative estimate of drug-likeness (QED) is 0.525. The highest BCUT2D eigenvalue weighted by Gasteiger charge is 2.40. The Balaban J connectivity index is 2.00. The lowest BCUT2D eigenvalue weighted by atomic mass is 9.88. The molecule has 0 radical (unpaired) electrons. The molecule has 1 aliphatic rings. The van der Waals surface area contributed by atoms with Crippen LogP contribution in [-0.2, 0) is 15.0 Å². The topological polar surface area (TPSA) is 67.2 Å². The van der Waals surface area contributed by atoms with Gasteiger partial charge in [-0.25, -0.2) is 4.68 Å². The van der Waals surface area contributed by atoms with Gasteiger partial charge in [0.25, 0.3) is 0 Å². The summed E-state index contributed by atoms with van der Waals surface area (Å²) < 4.78 is 1.87. The molecule has 1 aliphatic heterocycles. The van der Waals surface area contributed by atoms with Crippen LogP contribution in [0.4, 0.5) is 5.82 Å². The number of thiophene rings is 1. The van der Waals surface area contributed by atoms with E-state index >= 15 is 0 Å². The molecule has 180 valence electrons. The molecule has 2 aromatic heterocycles. The molecule has 0 saturated heterocycles. The average molecular weight is 497 g/mol. The molecule has 4 rings (SSSR count). The number of hydrogen-bond donors (Lipinski definition) is 1. The van der Waals surface area contributed by atoms with Crippen molar-refractivity contribution in [2.45, 2.75) is 58.2 Å². The van der Waals surface area contributed by atoms with Crippen molar-refractivity contribution >= 4 is 40.7 Å². The number of hydrogen-bond acceptors (Lipinski definition) is 5. The molecule has 6 nitrogen and oxygen atoms in total. The van der Waals surface area contributed by atoms with Gasteiger partial charge in [-0.3, -0.25) is 14.5 Å². The van der Waals surface area contributed by atoms with Gasteiger partial charge >= 0.3 is 0 Å². The largest absolute Gasteiger partial charge is 0.352 e. The molecule has 1 aromatic carbocycles. The van der Waals surface area contributed by atoms with Crippen molar-refractivity contribution in [1.82, 2.24) is 15.1 Å². The van der Waals surface area contributed by atoms with Crippen molar-refractivity contribution in [3.8, 4) is 5.69 Å². The standard InChI is InChI=1S/C26H32N4O2S2/c1-16(2)27-20(31)14-29-21(32)15-34-23(19-11-8-12-33-19)22-24(26(4,5)6)28-30(25(22)29)18-10-7-9-17(3)13-18/h7-13,16,23H,14-15H2,1-6H3,(H,27,31)/t23-/m0/s1. The van der Waals surface area contributed by atoms with Crippen LogP contribution in [-0.4, -0.2) is 39.9 Å². The normalized spacial score (nSPS) is 16.5. The summed E-state index contributed by atoms with van der Waals surface area (Å²) in [6.07, 6.45) is 0.